The summed E-state index contributed by atoms with van der Waals surface area (Å²) in [5, 5.41) is 2.36. The van der Waals surface area contributed by atoms with Crippen LogP contribution >= 0.6 is 0 Å². The number of β-lactam (4-membered cyclic amide) rings is 1. The molecule has 0 saturated carbocycles. The van der Waals surface area contributed by atoms with Crippen molar-refractivity contribution in [2.45, 2.75) is 19.6 Å². The van der Waals surface area contributed by atoms with Gasteiger partial charge >= 0.3 is 5.97 Å². The Labute approximate surface area is 69.1 Å². The number of hydrogen-bond donors (Lipinski definition) is 1. The van der Waals surface area contributed by atoms with E-state index in [1.54, 1.807) is 0 Å². The molecule has 0 aromatic rings. The molecule has 0 aromatic heterocycles. The smallest absolute Gasteiger partial charge is 0.304 e. The number of halogens is 1. The summed E-state index contributed by atoms with van der Waals surface area (Å²) in [5.41, 5.74) is 0. The molecule has 0 spiro atoms. The van der Waals surface area contributed by atoms with Gasteiger partial charge in [-0.2, -0.15) is 0 Å². The third-order valence-corrected chi connectivity index (χ3v) is 1.70. The number of alkyl halides is 1. The first kappa shape index (κ1) is 8.96. The minimum atomic E-state index is -0.620. The van der Waals surface area contributed by atoms with Gasteiger partial charge in [-0.1, -0.05) is 0 Å². The standard InChI is InChI=1S/C7H10FNO3/c1-4(10)12-7-5(2-3-8)6(11)9-7/h5,7H,2-3H2,1H3,(H,9,11)/t5-,7+/m0/s1. The van der Waals surface area contributed by atoms with Gasteiger partial charge in [0.15, 0.2) is 6.23 Å². The minimum Gasteiger partial charge on any atom is -0.441 e. The molecule has 4 nitrogen and oxygen atoms in total. The lowest BCUT2D eigenvalue weighted by Crippen LogP contribution is -2.59. The predicted octanol–water partition coefficient (Wildman–Crippen LogP) is -0.0188. The van der Waals surface area contributed by atoms with Crippen LogP contribution in [0.5, 0.6) is 0 Å². The molecule has 1 aliphatic heterocycles. The van der Waals surface area contributed by atoms with Gasteiger partial charge in [-0.25, -0.2) is 0 Å². The molecule has 12 heavy (non-hydrogen) atoms. The highest BCUT2D eigenvalue weighted by Crippen LogP contribution is 2.19. The number of hydrogen-bond acceptors (Lipinski definition) is 3. The van der Waals surface area contributed by atoms with E-state index in [9.17, 15) is 14.0 Å². The summed E-state index contributed by atoms with van der Waals surface area (Å²) in [6.07, 6.45) is -0.505. The maximum absolute atomic E-state index is 11.8. The van der Waals surface area contributed by atoms with Gasteiger partial charge in [-0.05, 0) is 6.42 Å². The van der Waals surface area contributed by atoms with Gasteiger partial charge < -0.3 is 10.1 Å². The Morgan fingerprint density at radius 3 is 2.83 bits per heavy atom. The highest BCUT2D eigenvalue weighted by atomic mass is 19.1. The van der Waals surface area contributed by atoms with E-state index in [2.05, 4.69) is 10.1 Å². The lowest BCUT2D eigenvalue weighted by molar-refractivity contribution is -0.167. The third-order valence-electron chi connectivity index (χ3n) is 1.70. The van der Waals surface area contributed by atoms with Gasteiger partial charge in [0.25, 0.3) is 0 Å². The summed E-state index contributed by atoms with van der Waals surface area (Å²) in [7, 11) is 0. The van der Waals surface area contributed by atoms with Crippen LogP contribution in [-0.4, -0.2) is 24.8 Å². The van der Waals surface area contributed by atoms with Crippen molar-refractivity contribution in [1.29, 1.82) is 0 Å². The van der Waals surface area contributed by atoms with Crippen molar-refractivity contribution in [2.75, 3.05) is 6.67 Å². The van der Waals surface area contributed by atoms with Gasteiger partial charge in [-0.3, -0.25) is 14.0 Å². The molecule has 0 unspecified atom stereocenters. The van der Waals surface area contributed by atoms with Crippen molar-refractivity contribution in [3.8, 4) is 0 Å². The molecular formula is C7H10FNO3. The van der Waals surface area contributed by atoms with Gasteiger partial charge in [0.1, 0.15) is 0 Å². The van der Waals surface area contributed by atoms with Crippen molar-refractivity contribution in [2.24, 2.45) is 5.92 Å². The van der Waals surface area contributed by atoms with Crippen molar-refractivity contribution < 1.29 is 18.7 Å². The van der Waals surface area contributed by atoms with Crippen molar-refractivity contribution in [3.63, 3.8) is 0 Å². The Hall–Kier alpha value is -1.13. The van der Waals surface area contributed by atoms with E-state index >= 15 is 0 Å². The van der Waals surface area contributed by atoms with Crippen molar-refractivity contribution >= 4 is 11.9 Å². The normalized spacial score (nSPS) is 27.3. The van der Waals surface area contributed by atoms with E-state index in [0.717, 1.165) is 0 Å². The molecule has 0 radical (unpaired) electrons. The molecule has 2 atom stereocenters. The van der Waals surface area contributed by atoms with Crippen LogP contribution in [0.2, 0.25) is 0 Å². The summed E-state index contributed by atoms with van der Waals surface area (Å²) >= 11 is 0. The molecule has 1 saturated heterocycles. The molecule has 0 aromatic carbocycles. The first-order valence-electron chi connectivity index (χ1n) is 3.68. The largest absolute Gasteiger partial charge is 0.441 e. The van der Waals surface area contributed by atoms with Gasteiger partial charge in [0.05, 0.1) is 12.6 Å². The van der Waals surface area contributed by atoms with E-state index in [4.69, 9.17) is 0 Å². The Morgan fingerprint density at radius 2 is 2.42 bits per heavy atom. The van der Waals surface area contributed by atoms with E-state index in [-0.39, 0.29) is 12.3 Å². The molecule has 0 aliphatic carbocycles. The maximum atomic E-state index is 11.8. The van der Waals surface area contributed by atoms with E-state index in [1.165, 1.54) is 6.92 Å². The first-order valence-corrected chi connectivity index (χ1v) is 3.68. The molecule has 1 heterocycles. The number of amides is 1. The molecule has 1 N–H and O–H groups in total. The zero-order valence-corrected chi connectivity index (χ0v) is 6.67. The highest BCUT2D eigenvalue weighted by molar-refractivity contribution is 5.86. The van der Waals surface area contributed by atoms with Crippen LogP contribution in [0.15, 0.2) is 0 Å². The van der Waals surface area contributed by atoms with E-state index in [1.807, 2.05) is 0 Å². The average molecular weight is 175 g/mol. The first-order chi connectivity index (χ1) is 5.65. The number of ether oxygens (including phenoxy) is 1. The second-order valence-electron chi connectivity index (χ2n) is 2.62. The Morgan fingerprint density at radius 1 is 1.75 bits per heavy atom. The predicted molar refractivity (Wildman–Crippen MR) is 37.8 cm³/mol. The van der Waals surface area contributed by atoms with Crippen LogP contribution in [-0.2, 0) is 14.3 Å². The summed E-state index contributed by atoms with van der Waals surface area (Å²) in [6, 6.07) is 0. The SMILES string of the molecule is CC(=O)O[C@H]1NC(=O)[C@@H]1CCF. The molecule has 0 bridgehead atoms. The fraction of sp³-hybridized carbons (Fsp3) is 0.714. The fourth-order valence-electron chi connectivity index (χ4n) is 1.08. The highest BCUT2D eigenvalue weighted by Gasteiger charge is 2.41. The molecule has 5 heteroatoms. The van der Waals surface area contributed by atoms with Crippen LogP contribution < -0.4 is 5.32 Å². The molecule has 1 fully saturated rings. The zero-order chi connectivity index (χ0) is 9.14. The molecule has 1 rings (SSSR count). The second-order valence-corrected chi connectivity index (χ2v) is 2.62. The maximum Gasteiger partial charge on any atom is 0.304 e. The van der Waals surface area contributed by atoms with Crippen LogP contribution in [0.25, 0.3) is 0 Å². The molecule has 68 valence electrons. The fourth-order valence-corrected chi connectivity index (χ4v) is 1.08. The van der Waals surface area contributed by atoms with Gasteiger partial charge in [-0.15, -0.1) is 0 Å². The summed E-state index contributed by atoms with van der Waals surface area (Å²) < 4.78 is 16.5. The number of esters is 1. The van der Waals surface area contributed by atoms with Crippen LogP contribution in [0.4, 0.5) is 4.39 Å². The Bertz CT molecular complexity index is 207. The third kappa shape index (κ3) is 1.72. The van der Waals surface area contributed by atoms with Crippen molar-refractivity contribution in [1.82, 2.24) is 5.32 Å². The molecular weight excluding hydrogens is 165 g/mol. The van der Waals surface area contributed by atoms with Crippen LogP contribution in [0.1, 0.15) is 13.3 Å². The lowest BCUT2D eigenvalue weighted by atomic mass is 9.96. The second kappa shape index (κ2) is 3.51. The number of nitrogens with one attached hydrogen (secondary N) is 1. The summed E-state index contributed by atoms with van der Waals surface area (Å²) in [5.74, 6) is -1.22. The van der Waals surface area contributed by atoms with Gasteiger partial charge in [0, 0.05) is 6.92 Å². The van der Waals surface area contributed by atoms with E-state index < -0.39 is 24.8 Å². The lowest BCUT2D eigenvalue weighted by Gasteiger charge is -2.34. The quantitative estimate of drug-likeness (QED) is 0.484. The average Bonchev–Trinajstić information content (AvgIpc) is 1.99. The Balaban J connectivity index is 2.37. The van der Waals surface area contributed by atoms with Crippen LogP contribution in [0.3, 0.4) is 0 Å². The molecule has 1 amide bonds. The van der Waals surface area contributed by atoms with Gasteiger partial charge in [0.2, 0.25) is 5.91 Å². The monoisotopic (exact) mass is 175 g/mol. The topological polar surface area (TPSA) is 55.4 Å². The van der Waals surface area contributed by atoms with E-state index in [0.29, 0.717) is 0 Å². The summed E-state index contributed by atoms with van der Waals surface area (Å²) in [6.45, 7) is 0.673. The Kier molecular flexibility index (Phi) is 2.62. The zero-order valence-electron chi connectivity index (χ0n) is 6.67. The molecule has 1 aliphatic rings. The summed E-state index contributed by atoms with van der Waals surface area (Å²) in [4.78, 5) is 21.2. The number of carbonyl (C=O) groups excluding carboxylic acids is 2. The minimum absolute atomic E-state index is 0.115. The van der Waals surface area contributed by atoms with Crippen molar-refractivity contribution in [3.05, 3.63) is 0 Å². The van der Waals surface area contributed by atoms with Crippen LogP contribution in [0, 0.1) is 5.92 Å². The number of carbonyl (C=O) groups is 2. The number of rotatable bonds is 3.